The molecular weight excluding hydrogens is 467 g/mol. The molecule has 1 aromatic carbocycles. The van der Waals surface area contributed by atoms with Gasteiger partial charge in [0.15, 0.2) is 11.6 Å². The molecule has 6 nitrogen and oxygen atoms in total. The zero-order valence-corrected chi connectivity index (χ0v) is 20.0. The molecule has 2 atom stereocenters. The van der Waals surface area contributed by atoms with Crippen LogP contribution in [0.4, 0.5) is 9.18 Å². The highest BCUT2D eigenvalue weighted by Gasteiger charge is 2.24. The Hall–Kier alpha value is -2.35. The van der Waals surface area contributed by atoms with E-state index >= 15 is 4.39 Å². The Morgan fingerprint density at radius 2 is 2.06 bits per heavy atom. The number of carbonyl (C=O) groups is 1. The standard InChI is InChI=1S/C23H28BrFN2O4/c1-13(8-14(2)27-22(28)31-23(3,4)5)11-29-18-7-6-15-16-9-20(24)26-10-19(16)30-12-17(15)21(18)25/h6-7,9-10,13-14H,8,11-12H2,1-5H3,(H,27,28). The Morgan fingerprint density at radius 1 is 1.32 bits per heavy atom. The molecule has 168 valence electrons. The summed E-state index contributed by atoms with van der Waals surface area (Å²) in [4.78, 5) is 16.0. The van der Waals surface area contributed by atoms with E-state index in [0.29, 0.717) is 28.9 Å². The third-order valence-corrected chi connectivity index (χ3v) is 5.18. The Labute approximate surface area is 190 Å². The Morgan fingerprint density at radius 3 is 2.77 bits per heavy atom. The largest absolute Gasteiger partial charge is 0.490 e. The molecule has 0 radical (unpaired) electrons. The molecule has 1 aliphatic heterocycles. The lowest BCUT2D eigenvalue weighted by molar-refractivity contribution is 0.0500. The number of nitrogens with zero attached hydrogens (tertiary/aromatic N) is 1. The maximum absolute atomic E-state index is 15.1. The molecular formula is C23H28BrFN2O4. The van der Waals surface area contributed by atoms with Crippen molar-refractivity contribution < 1.29 is 23.4 Å². The van der Waals surface area contributed by atoms with E-state index in [1.54, 1.807) is 12.3 Å². The van der Waals surface area contributed by atoms with E-state index in [1.807, 2.05) is 46.8 Å². The first-order valence-electron chi connectivity index (χ1n) is 10.3. The molecule has 2 unspecified atom stereocenters. The second-order valence-corrected chi connectivity index (χ2v) is 9.71. The van der Waals surface area contributed by atoms with Gasteiger partial charge in [0, 0.05) is 17.2 Å². The van der Waals surface area contributed by atoms with Crippen LogP contribution in [0, 0.1) is 11.7 Å². The van der Waals surface area contributed by atoms with Crippen LogP contribution in [0.2, 0.25) is 0 Å². The maximum Gasteiger partial charge on any atom is 0.407 e. The second kappa shape index (κ2) is 9.42. The summed E-state index contributed by atoms with van der Waals surface area (Å²) < 4.78 is 32.4. The number of amides is 1. The first-order valence-corrected chi connectivity index (χ1v) is 11.0. The predicted octanol–water partition coefficient (Wildman–Crippen LogP) is 5.86. The van der Waals surface area contributed by atoms with Gasteiger partial charge < -0.3 is 19.5 Å². The minimum absolute atomic E-state index is 0.0966. The van der Waals surface area contributed by atoms with Crippen LogP contribution in [0.1, 0.15) is 46.6 Å². The number of aromatic nitrogens is 1. The van der Waals surface area contributed by atoms with E-state index in [4.69, 9.17) is 14.2 Å². The predicted molar refractivity (Wildman–Crippen MR) is 120 cm³/mol. The van der Waals surface area contributed by atoms with Gasteiger partial charge in [0.05, 0.1) is 12.8 Å². The SMILES string of the molecule is CC(COc1ccc2c(c1F)COc1cnc(Br)cc1-2)CC(C)NC(=O)OC(C)(C)C. The summed E-state index contributed by atoms with van der Waals surface area (Å²) in [6, 6.07) is 5.21. The molecule has 0 bridgehead atoms. The van der Waals surface area contributed by atoms with Crippen LogP contribution < -0.4 is 14.8 Å². The summed E-state index contributed by atoms with van der Waals surface area (Å²) in [5.74, 6) is 0.505. The monoisotopic (exact) mass is 494 g/mol. The molecule has 0 spiro atoms. The fourth-order valence-electron chi connectivity index (χ4n) is 3.47. The number of carbonyl (C=O) groups excluding carboxylic acids is 1. The van der Waals surface area contributed by atoms with Crippen LogP contribution in [0.15, 0.2) is 29.0 Å². The van der Waals surface area contributed by atoms with Gasteiger partial charge in [0.2, 0.25) is 0 Å². The number of halogens is 2. The molecule has 2 heterocycles. The number of ether oxygens (including phenoxy) is 3. The summed E-state index contributed by atoms with van der Waals surface area (Å²) >= 11 is 3.35. The summed E-state index contributed by atoms with van der Waals surface area (Å²) in [5, 5.41) is 2.82. The molecule has 0 saturated carbocycles. The van der Waals surface area contributed by atoms with Crippen molar-refractivity contribution in [1.29, 1.82) is 0 Å². The van der Waals surface area contributed by atoms with Crippen molar-refractivity contribution >= 4 is 22.0 Å². The van der Waals surface area contributed by atoms with Gasteiger partial charge in [-0.15, -0.1) is 0 Å². The van der Waals surface area contributed by atoms with Crippen LogP contribution in [0.3, 0.4) is 0 Å². The highest BCUT2D eigenvalue weighted by molar-refractivity contribution is 9.10. The molecule has 0 saturated heterocycles. The normalized spacial score (nSPS) is 14.5. The van der Waals surface area contributed by atoms with Crippen molar-refractivity contribution in [3.8, 4) is 22.6 Å². The molecule has 1 aromatic heterocycles. The number of hydrogen-bond acceptors (Lipinski definition) is 5. The lowest BCUT2D eigenvalue weighted by atomic mass is 9.97. The smallest absolute Gasteiger partial charge is 0.407 e. The van der Waals surface area contributed by atoms with Gasteiger partial charge in [-0.3, -0.25) is 0 Å². The Kier molecular flexibility index (Phi) is 7.09. The number of rotatable bonds is 6. The van der Waals surface area contributed by atoms with E-state index in [1.165, 1.54) is 0 Å². The van der Waals surface area contributed by atoms with Gasteiger partial charge in [-0.25, -0.2) is 14.2 Å². The van der Waals surface area contributed by atoms with Crippen molar-refractivity contribution in [3.05, 3.63) is 40.4 Å². The molecule has 31 heavy (non-hydrogen) atoms. The lowest BCUT2D eigenvalue weighted by Gasteiger charge is -2.24. The topological polar surface area (TPSA) is 69.7 Å². The first kappa shape index (κ1) is 23.3. The van der Waals surface area contributed by atoms with Crippen molar-refractivity contribution in [2.45, 2.75) is 59.3 Å². The van der Waals surface area contributed by atoms with Crippen molar-refractivity contribution in [3.63, 3.8) is 0 Å². The van der Waals surface area contributed by atoms with Crippen LogP contribution in [-0.2, 0) is 11.3 Å². The third-order valence-electron chi connectivity index (χ3n) is 4.75. The van der Waals surface area contributed by atoms with E-state index in [-0.39, 0.29) is 24.3 Å². The van der Waals surface area contributed by atoms with Crippen LogP contribution >= 0.6 is 15.9 Å². The highest BCUT2D eigenvalue weighted by Crippen LogP contribution is 2.41. The molecule has 8 heteroatoms. The number of nitrogens with one attached hydrogen (secondary N) is 1. The lowest BCUT2D eigenvalue weighted by Crippen LogP contribution is -2.38. The number of pyridine rings is 1. The summed E-state index contributed by atoms with van der Waals surface area (Å²) in [5.41, 5.74) is 1.50. The van der Waals surface area contributed by atoms with Crippen molar-refractivity contribution in [2.75, 3.05) is 6.61 Å². The zero-order valence-electron chi connectivity index (χ0n) is 18.4. The number of hydrogen-bond donors (Lipinski definition) is 1. The fourth-order valence-corrected chi connectivity index (χ4v) is 3.80. The van der Waals surface area contributed by atoms with Crippen LogP contribution in [-0.4, -0.2) is 29.3 Å². The molecule has 0 aliphatic carbocycles. The van der Waals surface area contributed by atoms with Crippen LogP contribution in [0.25, 0.3) is 11.1 Å². The molecule has 1 N–H and O–H groups in total. The van der Waals surface area contributed by atoms with E-state index < -0.39 is 17.5 Å². The van der Waals surface area contributed by atoms with Gasteiger partial charge in [-0.05, 0) is 79.7 Å². The van der Waals surface area contributed by atoms with Crippen LogP contribution in [0.5, 0.6) is 11.5 Å². The van der Waals surface area contributed by atoms with Crippen molar-refractivity contribution in [1.82, 2.24) is 10.3 Å². The second-order valence-electron chi connectivity index (χ2n) is 8.89. The maximum atomic E-state index is 15.1. The molecule has 3 rings (SSSR count). The minimum atomic E-state index is -0.542. The van der Waals surface area contributed by atoms with Gasteiger partial charge in [0.1, 0.15) is 22.6 Å². The average molecular weight is 495 g/mol. The molecule has 1 aliphatic rings. The van der Waals surface area contributed by atoms with Gasteiger partial charge in [0.25, 0.3) is 0 Å². The summed E-state index contributed by atoms with van der Waals surface area (Å²) in [6.07, 6.45) is 1.85. The average Bonchev–Trinajstić information content (AvgIpc) is 2.65. The molecule has 1 amide bonds. The number of benzene rings is 1. The number of alkyl carbamates (subject to hydrolysis) is 1. The van der Waals surface area contributed by atoms with Crippen molar-refractivity contribution in [2.24, 2.45) is 5.92 Å². The minimum Gasteiger partial charge on any atom is -0.490 e. The quantitative estimate of drug-likeness (QED) is 0.509. The Bertz CT molecular complexity index is 961. The van der Waals surface area contributed by atoms with Gasteiger partial charge in [-0.1, -0.05) is 6.92 Å². The molecule has 2 aromatic rings. The van der Waals surface area contributed by atoms with Gasteiger partial charge in [-0.2, -0.15) is 0 Å². The fraction of sp³-hybridized carbons (Fsp3) is 0.478. The third kappa shape index (κ3) is 6.09. The molecule has 0 fully saturated rings. The Balaban J connectivity index is 1.60. The zero-order chi connectivity index (χ0) is 22.8. The van der Waals surface area contributed by atoms with E-state index in [0.717, 1.165) is 11.1 Å². The highest BCUT2D eigenvalue weighted by atomic mass is 79.9. The summed E-state index contributed by atoms with van der Waals surface area (Å²) in [7, 11) is 0. The summed E-state index contributed by atoms with van der Waals surface area (Å²) in [6.45, 7) is 9.81. The number of fused-ring (bicyclic) bond motifs is 3. The first-order chi connectivity index (χ1) is 14.5. The van der Waals surface area contributed by atoms with E-state index in [9.17, 15) is 4.79 Å². The van der Waals surface area contributed by atoms with E-state index in [2.05, 4.69) is 26.2 Å². The van der Waals surface area contributed by atoms with Gasteiger partial charge >= 0.3 is 6.09 Å².